The van der Waals surface area contributed by atoms with E-state index in [4.69, 9.17) is 5.26 Å². The third kappa shape index (κ3) is 2.24. The van der Waals surface area contributed by atoms with Crippen LogP contribution in [0.4, 0.5) is 5.95 Å². The van der Waals surface area contributed by atoms with E-state index in [0.717, 1.165) is 6.54 Å². The molecule has 0 radical (unpaired) electrons. The summed E-state index contributed by atoms with van der Waals surface area (Å²) in [5.74, 6) is 0.564. The van der Waals surface area contributed by atoms with Crippen LogP contribution in [0.15, 0.2) is 12.3 Å². The summed E-state index contributed by atoms with van der Waals surface area (Å²) in [4.78, 5) is 8.15. The number of nitrogens with one attached hydrogen (secondary N) is 1. The first kappa shape index (κ1) is 9.91. The normalized spacial score (nSPS) is 16.8. The molecule has 78 valence electrons. The number of nitriles is 1. The van der Waals surface area contributed by atoms with Crippen LogP contribution in [-0.2, 0) is 0 Å². The zero-order valence-corrected chi connectivity index (χ0v) is 8.82. The van der Waals surface area contributed by atoms with Gasteiger partial charge in [0.25, 0.3) is 0 Å². The van der Waals surface area contributed by atoms with Crippen molar-refractivity contribution in [3.63, 3.8) is 0 Å². The molecule has 1 saturated carbocycles. The van der Waals surface area contributed by atoms with E-state index in [2.05, 4.69) is 22.2 Å². The minimum atomic E-state index is 0.411. The molecule has 0 saturated heterocycles. The van der Waals surface area contributed by atoms with Gasteiger partial charge in [-0.3, -0.25) is 0 Å². The molecule has 1 N–H and O–H groups in total. The SMILES string of the molecule is CCC1(CNc2nccc(C#N)n2)CC1. The Kier molecular flexibility index (Phi) is 2.55. The summed E-state index contributed by atoms with van der Waals surface area (Å²) in [6.07, 6.45) is 5.38. The first-order valence-corrected chi connectivity index (χ1v) is 5.25. The van der Waals surface area contributed by atoms with Crippen LogP contribution >= 0.6 is 0 Å². The highest BCUT2D eigenvalue weighted by atomic mass is 15.1. The van der Waals surface area contributed by atoms with Crippen molar-refractivity contribution in [2.45, 2.75) is 26.2 Å². The first-order chi connectivity index (χ1) is 7.28. The van der Waals surface area contributed by atoms with Gasteiger partial charge in [0.05, 0.1) is 0 Å². The zero-order chi connectivity index (χ0) is 10.7. The van der Waals surface area contributed by atoms with Crippen molar-refractivity contribution in [2.75, 3.05) is 11.9 Å². The summed E-state index contributed by atoms with van der Waals surface area (Å²) >= 11 is 0. The van der Waals surface area contributed by atoms with Gasteiger partial charge in [-0.2, -0.15) is 5.26 Å². The van der Waals surface area contributed by atoms with E-state index in [1.54, 1.807) is 12.3 Å². The molecule has 1 aliphatic carbocycles. The molecule has 0 spiro atoms. The number of hydrogen-bond acceptors (Lipinski definition) is 4. The number of hydrogen-bond donors (Lipinski definition) is 1. The number of rotatable bonds is 4. The fourth-order valence-electron chi connectivity index (χ4n) is 1.60. The molecule has 1 fully saturated rings. The quantitative estimate of drug-likeness (QED) is 0.810. The summed E-state index contributed by atoms with van der Waals surface area (Å²) in [5.41, 5.74) is 0.875. The lowest BCUT2D eigenvalue weighted by Gasteiger charge is -2.12. The standard InChI is InChI=1S/C11H14N4/c1-2-11(4-5-11)8-14-10-13-6-3-9(7-12)15-10/h3,6H,2,4-5,8H2,1H3,(H,13,14,15). The maximum absolute atomic E-state index is 8.68. The molecule has 1 heterocycles. The van der Waals surface area contributed by atoms with Crippen LogP contribution in [0, 0.1) is 16.7 Å². The largest absolute Gasteiger partial charge is 0.354 e. The van der Waals surface area contributed by atoms with Crippen molar-refractivity contribution >= 4 is 5.95 Å². The molecule has 4 nitrogen and oxygen atoms in total. The van der Waals surface area contributed by atoms with Crippen molar-refractivity contribution in [1.29, 1.82) is 5.26 Å². The van der Waals surface area contributed by atoms with Gasteiger partial charge in [0, 0.05) is 12.7 Å². The van der Waals surface area contributed by atoms with Gasteiger partial charge in [-0.15, -0.1) is 0 Å². The van der Waals surface area contributed by atoms with Crippen LogP contribution < -0.4 is 5.32 Å². The Morgan fingerprint density at radius 3 is 3.00 bits per heavy atom. The molecule has 1 aliphatic rings. The van der Waals surface area contributed by atoms with Gasteiger partial charge in [0.2, 0.25) is 5.95 Å². The molecule has 15 heavy (non-hydrogen) atoms. The van der Waals surface area contributed by atoms with E-state index in [1.165, 1.54) is 19.3 Å². The van der Waals surface area contributed by atoms with Crippen molar-refractivity contribution in [1.82, 2.24) is 9.97 Å². The summed E-state index contributed by atoms with van der Waals surface area (Å²) in [5, 5.41) is 11.9. The molecule has 0 amide bonds. The van der Waals surface area contributed by atoms with Crippen LogP contribution in [0.2, 0.25) is 0 Å². The molecular formula is C11H14N4. The minimum absolute atomic E-state index is 0.411. The lowest BCUT2D eigenvalue weighted by molar-refractivity contribution is 0.520. The average Bonchev–Trinajstić information content (AvgIpc) is 3.07. The van der Waals surface area contributed by atoms with Gasteiger partial charge in [0.1, 0.15) is 11.8 Å². The van der Waals surface area contributed by atoms with Gasteiger partial charge < -0.3 is 5.32 Å². The highest BCUT2D eigenvalue weighted by Gasteiger charge is 2.40. The lowest BCUT2D eigenvalue weighted by atomic mass is 10.0. The molecule has 2 rings (SSSR count). The van der Waals surface area contributed by atoms with E-state index in [0.29, 0.717) is 17.1 Å². The van der Waals surface area contributed by atoms with E-state index in [1.807, 2.05) is 6.07 Å². The third-order valence-electron chi connectivity index (χ3n) is 3.10. The highest BCUT2D eigenvalue weighted by Crippen LogP contribution is 2.48. The number of nitrogens with zero attached hydrogens (tertiary/aromatic N) is 3. The molecule has 0 atom stereocenters. The van der Waals surface area contributed by atoms with E-state index < -0.39 is 0 Å². The van der Waals surface area contributed by atoms with Crippen molar-refractivity contribution in [3.8, 4) is 6.07 Å². The van der Waals surface area contributed by atoms with Crippen molar-refractivity contribution in [2.24, 2.45) is 5.41 Å². The Morgan fingerprint density at radius 1 is 1.60 bits per heavy atom. The molecule has 1 aromatic heterocycles. The zero-order valence-electron chi connectivity index (χ0n) is 8.82. The van der Waals surface area contributed by atoms with Crippen LogP contribution in [-0.4, -0.2) is 16.5 Å². The van der Waals surface area contributed by atoms with E-state index in [-0.39, 0.29) is 0 Å². The van der Waals surface area contributed by atoms with Crippen LogP contribution in [0.1, 0.15) is 31.9 Å². The molecule has 0 aromatic carbocycles. The fraction of sp³-hybridized carbons (Fsp3) is 0.545. The predicted molar refractivity (Wildman–Crippen MR) is 57.2 cm³/mol. The number of aromatic nitrogens is 2. The Labute approximate surface area is 89.4 Å². The van der Waals surface area contributed by atoms with Gasteiger partial charge in [0.15, 0.2) is 0 Å². The maximum Gasteiger partial charge on any atom is 0.223 e. The van der Waals surface area contributed by atoms with Gasteiger partial charge in [-0.1, -0.05) is 6.92 Å². The molecule has 0 unspecified atom stereocenters. The van der Waals surface area contributed by atoms with E-state index in [9.17, 15) is 0 Å². The Morgan fingerprint density at radius 2 is 2.40 bits per heavy atom. The first-order valence-electron chi connectivity index (χ1n) is 5.25. The molecule has 0 bridgehead atoms. The second-order valence-electron chi connectivity index (χ2n) is 4.08. The van der Waals surface area contributed by atoms with Gasteiger partial charge in [-0.25, -0.2) is 9.97 Å². The molecule has 4 heteroatoms. The second-order valence-corrected chi connectivity index (χ2v) is 4.08. The van der Waals surface area contributed by atoms with Crippen LogP contribution in [0.25, 0.3) is 0 Å². The Balaban J connectivity index is 1.96. The molecule has 1 aromatic rings. The monoisotopic (exact) mass is 202 g/mol. The topological polar surface area (TPSA) is 61.6 Å². The summed E-state index contributed by atoms with van der Waals surface area (Å²) in [6, 6.07) is 3.61. The third-order valence-corrected chi connectivity index (χ3v) is 3.10. The maximum atomic E-state index is 8.68. The average molecular weight is 202 g/mol. The molecule has 0 aliphatic heterocycles. The Bertz CT molecular complexity index is 390. The second kappa shape index (κ2) is 3.85. The fourth-order valence-corrected chi connectivity index (χ4v) is 1.60. The highest BCUT2D eigenvalue weighted by molar-refractivity contribution is 5.30. The molecular weight excluding hydrogens is 188 g/mol. The minimum Gasteiger partial charge on any atom is -0.354 e. The van der Waals surface area contributed by atoms with Crippen molar-refractivity contribution in [3.05, 3.63) is 18.0 Å². The summed E-state index contributed by atoms with van der Waals surface area (Å²) in [7, 11) is 0. The van der Waals surface area contributed by atoms with Crippen LogP contribution in [0.5, 0.6) is 0 Å². The van der Waals surface area contributed by atoms with Gasteiger partial charge in [-0.05, 0) is 30.7 Å². The van der Waals surface area contributed by atoms with Gasteiger partial charge >= 0.3 is 0 Å². The summed E-state index contributed by atoms with van der Waals surface area (Å²) in [6.45, 7) is 3.12. The van der Waals surface area contributed by atoms with Crippen LogP contribution in [0.3, 0.4) is 0 Å². The smallest absolute Gasteiger partial charge is 0.223 e. The van der Waals surface area contributed by atoms with Crippen molar-refractivity contribution < 1.29 is 0 Å². The Hall–Kier alpha value is -1.63. The predicted octanol–water partition coefficient (Wildman–Crippen LogP) is 1.95. The number of anilines is 1. The van der Waals surface area contributed by atoms with E-state index >= 15 is 0 Å². The lowest BCUT2D eigenvalue weighted by Crippen LogP contribution is -2.16. The summed E-state index contributed by atoms with van der Waals surface area (Å²) < 4.78 is 0.